The summed E-state index contributed by atoms with van der Waals surface area (Å²) >= 11 is 3.47. The maximum absolute atomic E-state index is 4.31. The second kappa shape index (κ2) is 1.78. The minimum atomic E-state index is 1.16. The zero-order chi connectivity index (χ0) is 6.27. The van der Waals surface area contributed by atoms with Gasteiger partial charge in [-0.1, -0.05) is 0 Å². The van der Waals surface area contributed by atoms with Crippen LogP contribution in [0.3, 0.4) is 0 Å². The van der Waals surface area contributed by atoms with Gasteiger partial charge in [0, 0.05) is 0 Å². The third-order valence-electron chi connectivity index (χ3n) is 1.13. The molecule has 0 aromatic carbocycles. The fraction of sp³-hybridized carbons (Fsp3) is 0.167. The minimum absolute atomic E-state index is 1.16. The molecule has 0 aliphatic carbocycles. The van der Waals surface area contributed by atoms with E-state index < -0.39 is 0 Å². The molecule has 0 fully saturated rings. The predicted octanol–water partition coefficient (Wildman–Crippen LogP) is 2.67. The van der Waals surface area contributed by atoms with Crippen LogP contribution in [0.15, 0.2) is 11.4 Å². The highest BCUT2D eigenvalue weighted by Crippen LogP contribution is 2.25. The summed E-state index contributed by atoms with van der Waals surface area (Å²) in [6, 6.07) is 2.12. The maximum Gasteiger partial charge on any atom is 0.134 e. The second-order valence-electron chi connectivity index (χ2n) is 1.82. The Kier molecular flexibility index (Phi) is 1.07. The quantitative estimate of drug-likeness (QED) is 0.570. The van der Waals surface area contributed by atoms with Crippen molar-refractivity contribution in [3.05, 3.63) is 16.5 Å². The summed E-state index contributed by atoms with van der Waals surface area (Å²) in [7, 11) is 0. The largest absolute Gasteiger partial charge is 0.231 e. The van der Waals surface area contributed by atoms with E-state index in [9.17, 15) is 0 Å². The first-order valence-corrected chi connectivity index (χ1v) is 4.36. The molecule has 0 saturated carbocycles. The Hall–Kier alpha value is -0.410. The van der Waals surface area contributed by atoms with Crippen molar-refractivity contribution in [2.75, 3.05) is 0 Å². The number of fused-ring (bicyclic) bond motifs is 1. The first kappa shape index (κ1) is 5.38. The highest BCUT2D eigenvalue weighted by atomic mass is 32.1. The van der Waals surface area contributed by atoms with E-state index in [-0.39, 0.29) is 0 Å². The zero-order valence-corrected chi connectivity index (χ0v) is 6.55. The van der Waals surface area contributed by atoms with E-state index in [1.165, 1.54) is 9.53 Å². The SMILES string of the molecule is Cc1nc2sccc2s1. The molecule has 2 aromatic rings. The summed E-state index contributed by atoms with van der Waals surface area (Å²) in [5, 5.41) is 3.24. The number of nitrogens with zero attached hydrogens (tertiary/aromatic N) is 1. The summed E-state index contributed by atoms with van der Waals surface area (Å²) < 4.78 is 1.32. The van der Waals surface area contributed by atoms with E-state index in [1.54, 1.807) is 22.7 Å². The molecule has 9 heavy (non-hydrogen) atoms. The first-order chi connectivity index (χ1) is 4.36. The molecule has 0 aliphatic heterocycles. The Morgan fingerprint density at radius 1 is 1.56 bits per heavy atom. The number of aryl methyl sites for hydroxylation is 1. The third kappa shape index (κ3) is 0.767. The van der Waals surface area contributed by atoms with Gasteiger partial charge in [-0.2, -0.15) is 0 Å². The third-order valence-corrected chi connectivity index (χ3v) is 3.00. The standard InChI is InChI=1S/C6H5NS2/c1-4-7-6-5(9-4)2-3-8-6/h2-3H,1H3. The van der Waals surface area contributed by atoms with Crippen LogP contribution in [-0.4, -0.2) is 4.98 Å². The number of hydrogen-bond donors (Lipinski definition) is 0. The van der Waals surface area contributed by atoms with E-state index in [4.69, 9.17) is 0 Å². The molecule has 0 saturated heterocycles. The van der Waals surface area contributed by atoms with E-state index in [0.717, 1.165) is 5.01 Å². The Morgan fingerprint density at radius 2 is 2.44 bits per heavy atom. The molecule has 0 radical (unpaired) electrons. The van der Waals surface area contributed by atoms with Crippen LogP contribution in [0.1, 0.15) is 5.01 Å². The van der Waals surface area contributed by atoms with Crippen LogP contribution in [0.5, 0.6) is 0 Å². The predicted molar refractivity (Wildman–Crippen MR) is 42.2 cm³/mol. The van der Waals surface area contributed by atoms with Gasteiger partial charge in [0.25, 0.3) is 0 Å². The molecular formula is C6H5NS2. The lowest BCUT2D eigenvalue weighted by Crippen LogP contribution is -1.59. The number of thiazole rings is 1. The Morgan fingerprint density at radius 3 is 3.22 bits per heavy atom. The van der Waals surface area contributed by atoms with Crippen LogP contribution >= 0.6 is 22.7 Å². The van der Waals surface area contributed by atoms with Crippen molar-refractivity contribution in [1.29, 1.82) is 0 Å². The number of thiophene rings is 1. The average Bonchev–Trinajstić information content (AvgIpc) is 2.22. The fourth-order valence-corrected chi connectivity index (χ4v) is 2.62. The van der Waals surface area contributed by atoms with Gasteiger partial charge in [0.1, 0.15) is 4.83 Å². The summed E-state index contributed by atoms with van der Waals surface area (Å²) in [6.45, 7) is 2.04. The van der Waals surface area contributed by atoms with Gasteiger partial charge in [-0.05, 0) is 18.4 Å². The highest BCUT2D eigenvalue weighted by Gasteiger charge is 1.98. The van der Waals surface area contributed by atoms with Crippen LogP contribution in [-0.2, 0) is 0 Å². The molecule has 0 amide bonds. The van der Waals surface area contributed by atoms with Crippen molar-refractivity contribution in [3.8, 4) is 0 Å². The van der Waals surface area contributed by atoms with Crippen LogP contribution < -0.4 is 0 Å². The number of aromatic nitrogens is 1. The van der Waals surface area contributed by atoms with Crippen LogP contribution in [0, 0.1) is 6.92 Å². The van der Waals surface area contributed by atoms with Crippen molar-refractivity contribution in [2.45, 2.75) is 6.92 Å². The summed E-state index contributed by atoms with van der Waals surface area (Å²) in [4.78, 5) is 5.49. The number of hydrogen-bond acceptors (Lipinski definition) is 3. The molecule has 2 aromatic heterocycles. The molecule has 2 rings (SSSR count). The van der Waals surface area contributed by atoms with Gasteiger partial charge in [-0.15, -0.1) is 22.7 Å². The van der Waals surface area contributed by atoms with Crippen molar-refractivity contribution in [1.82, 2.24) is 4.98 Å². The summed E-state index contributed by atoms with van der Waals surface area (Å²) in [5.74, 6) is 0. The molecular weight excluding hydrogens is 150 g/mol. The molecule has 0 aliphatic rings. The Balaban J connectivity index is 2.92. The van der Waals surface area contributed by atoms with Gasteiger partial charge in [-0.25, -0.2) is 4.98 Å². The lowest BCUT2D eigenvalue weighted by Gasteiger charge is -1.68. The van der Waals surface area contributed by atoms with Crippen molar-refractivity contribution < 1.29 is 0 Å². The molecule has 46 valence electrons. The molecule has 3 heteroatoms. The van der Waals surface area contributed by atoms with Gasteiger partial charge < -0.3 is 0 Å². The van der Waals surface area contributed by atoms with Gasteiger partial charge in [-0.3, -0.25) is 0 Å². The Labute approximate surface area is 61.0 Å². The maximum atomic E-state index is 4.31. The van der Waals surface area contributed by atoms with Gasteiger partial charge >= 0.3 is 0 Å². The lowest BCUT2D eigenvalue weighted by atomic mass is 10.6. The zero-order valence-electron chi connectivity index (χ0n) is 4.92. The van der Waals surface area contributed by atoms with Crippen molar-refractivity contribution in [3.63, 3.8) is 0 Å². The molecule has 0 spiro atoms. The van der Waals surface area contributed by atoms with Crippen LogP contribution in [0.2, 0.25) is 0 Å². The van der Waals surface area contributed by atoms with Crippen LogP contribution in [0.4, 0.5) is 0 Å². The van der Waals surface area contributed by atoms with Gasteiger partial charge in [0.05, 0.1) is 9.71 Å². The van der Waals surface area contributed by atoms with E-state index >= 15 is 0 Å². The molecule has 0 atom stereocenters. The Bertz CT molecular complexity index is 292. The smallest absolute Gasteiger partial charge is 0.134 e. The molecule has 0 unspecified atom stereocenters. The van der Waals surface area contributed by atoms with Crippen LogP contribution in [0.25, 0.3) is 9.53 Å². The fourth-order valence-electron chi connectivity index (χ4n) is 0.774. The lowest BCUT2D eigenvalue weighted by molar-refractivity contribution is 1.36. The second-order valence-corrected chi connectivity index (χ2v) is 3.95. The van der Waals surface area contributed by atoms with E-state index in [1.807, 2.05) is 6.92 Å². The molecule has 0 bridgehead atoms. The number of rotatable bonds is 0. The van der Waals surface area contributed by atoms with Crippen molar-refractivity contribution >= 4 is 32.2 Å². The minimum Gasteiger partial charge on any atom is -0.231 e. The average molecular weight is 155 g/mol. The summed E-state index contributed by atoms with van der Waals surface area (Å²) in [6.07, 6.45) is 0. The van der Waals surface area contributed by atoms with E-state index in [0.29, 0.717) is 0 Å². The van der Waals surface area contributed by atoms with Gasteiger partial charge in [0.15, 0.2) is 0 Å². The molecule has 2 heterocycles. The topological polar surface area (TPSA) is 12.9 Å². The summed E-state index contributed by atoms with van der Waals surface area (Å²) in [5.41, 5.74) is 0. The van der Waals surface area contributed by atoms with Crippen molar-refractivity contribution in [2.24, 2.45) is 0 Å². The molecule has 0 N–H and O–H groups in total. The molecule has 1 nitrogen and oxygen atoms in total. The highest BCUT2D eigenvalue weighted by molar-refractivity contribution is 7.26. The monoisotopic (exact) mass is 155 g/mol. The first-order valence-electron chi connectivity index (χ1n) is 2.67. The van der Waals surface area contributed by atoms with Gasteiger partial charge in [0.2, 0.25) is 0 Å². The van der Waals surface area contributed by atoms with E-state index in [2.05, 4.69) is 16.4 Å². The normalized spacial score (nSPS) is 10.8.